The van der Waals surface area contributed by atoms with E-state index in [2.05, 4.69) is 18.7 Å². The monoisotopic (exact) mass is 265 g/mol. The van der Waals surface area contributed by atoms with Crippen LogP contribution in [0.25, 0.3) is 0 Å². The summed E-state index contributed by atoms with van der Waals surface area (Å²) in [7, 11) is 1.64. The maximum absolute atomic E-state index is 10.3. The second kappa shape index (κ2) is 6.37. The van der Waals surface area contributed by atoms with E-state index in [1.54, 1.807) is 7.11 Å². The molecule has 0 radical (unpaired) electrons. The molecule has 1 fully saturated rings. The lowest BCUT2D eigenvalue weighted by atomic mass is 10.1. The molecule has 1 aliphatic rings. The third kappa shape index (κ3) is 3.93. The maximum Gasteiger partial charge on any atom is 0.118 e. The fraction of sp³-hybridized carbons (Fsp3) is 0.600. The van der Waals surface area contributed by atoms with Gasteiger partial charge in [0.2, 0.25) is 0 Å². The first-order valence-electron chi connectivity index (χ1n) is 6.78. The van der Waals surface area contributed by atoms with Crippen LogP contribution < -0.4 is 4.74 Å². The van der Waals surface area contributed by atoms with Crippen molar-refractivity contribution in [2.75, 3.05) is 26.7 Å². The highest BCUT2D eigenvalue weighted by Crippen LogP contribution is 2.20. The van der Waals surface area contributed by atoms with Crippen molar-refractivity contribution in [3.05, 3.63) is 29.8 Å². The number of β-amino-alcohol motifs (C(OH)–C–C–N with tert-alkyl or cyclic N) is 1. The Balaban J connectivity index is 1.93. The zero-order valence-electron chi connectivity index (χ0n) is 11.9. The Morgan fingerprint density at radius 3 is 2.37 bits per heavy atom. The molecule has 2 rings (SSSR count). The average Bonchev–Trinajstić information content (AvgIpc) is 2.37. The Bertz CT molecular complexity index is 383. The van der Waals surface area contributed by atoms with Crippen LogP contribution in [0.1, 0.15) is 25.5 Å². The molecule has 1 aromatic carbocycles. The number of aliphatic hydroxyl groups excluding tert-OH is 1. The van der Waals surface area contributed by atoms with Crippen LogP contribution in [0.5, 0.6) is 5.75 Å². The molecule has 3 unspecified atom stereocenters. The van der Waals surface area contributed by atoms with Crippen molar-refractivity contribution >= 4 is 0 Å². The van der Waals surface area contributed by atoms with Crippen molar-refractivity contribution in [1.82, 2.24) is 4.90 Å². The molecule has 4 heteroatoms. The highest BCUT2D eigenvalue weighted by atomic mass is 16.5. The molecule has 1 aromatic rings. The average molecular weight is 265 g/mol. The molecule has 19 heavy (non-hydrogen) atoms. The number of morpholine rings is 1. The summed E-state index contributed by atoms with van der Waals surface area (Å²) in [5.74, 6) is 0.810. The number of aliphatic hydroxyl groups is 1. The first-order chi connectivity index (χ1) is 9.08. The van der Waals surface area contributed by atoms with Crippen molar-refractivity contribution in [2.24, 2.45) is 0 Å². The predicted molar refractivity (Wildman–Crippen MR) is 74.4 cm³/mol. The molecule has 1 saturated heterocycles. The molecule has 0 spiro atoms. The van der Waals surface area contributed by atoms with Gasteiger partial charge in [0, 0.05) is 19.6 Å². The van der Waals surface area contributed by atoms with E-state index in [1.165, 1.54) is 0 Å². The third-order valence-corrected chi connectivity index (χ3v) is 3.43. The Morgan fingerprint density at radius 1 is 1.26 bits per heavy atom. The Morgan fingerprint density at radius 2 is 1.84 bits per heavy atom. The lowest BCUT2D eigenvalue weighted by Crippen LogP contribution is -2.46. The van der Waals surface area contributed by atoms with Crippen molar-refractivity contribution in [2.45, 2.75) is 32.2 Å². The van der Waals surface area contributed by atoms with Gasteiger partial charge in [-0.1, -0.05) is 12.1 Å². The Labute approximate surface area is 114 Å². The van der Waals surface area contributed by atoms with E-state index in [0.717, 1.165) is 24.4 Å². The summed E-state index contributed by atoms with van der Waals surface area (Å²) in [5, 5.41) is 10.3. The minimum atomic E-state index is -0.469. The predicted octanol–water partition coefficient (Wildman–Crippen LogP) is 1.84. The van der Waals surface area contributed by atoms with Gasteiger partial charge in [0.15, 0.2) is 0 Å². The Hall–Kier alpha value is -1.10. The number of hydrogen-bond donors (Lipinski definition) is 1. The molecule has 0 aromatic heterocycles. The number of rotatable bonds is 4. The summed E-state index contributed by atoms with van der Waals surface area (Å²) < 4.78 is 10.8. The van der Waals surface area contributed by atoms with Gasteiger partial charge in [0.25, 0.3) is 0 Å². The molecule has 0 bridgehead atoms. The summed E-state index contributed by atoms with van der Waals surface area (Å²) in [6.07, 6.45) is -0.0120. The lowest BCUT2D eigenvalue weighted by molar-refractivity contribution is -0.0767. The molecule has 1 N–H and O–H groups in total. The maximum atomic E-state index is 10.3. The van der Waals surface area contributed by atoms with Crippen molar-refractivity contribution in [1.29, 1.82) is 0 Å². The Kier molecular flexibility index (Phi) is 4.80. The standard InChI is InChI=1S/C15H23NO3/c1-11-8-16(9-12(2)19-11)10-15(17)13-4-6-14(18-3)7-5-13/h4-7,11-12,15,17H,8-10H2,1-3H3. The highest BCUT2D eigenvalue weighted by molar-refractivity contribution is 5.28. The van der Waals surface area contributed by atoms with Gasteiger partial charge < -0.3 is 14.6 Å². The molecule has 1 aliphatic heterocycles. The van der Waals surface area contributed by atoms with Gasteiger partial charge in [-0.25, -0.2) is 0 Å². The highest BCUT2D eigenvalue weighted by Gasteiger charge is 2.24. The van der Waals surface area contributed by atoms with Gasteiger partial charge in [-0.2, -0.15) is 0 Å². The first-order valence-corrected chi connectivity index (χ1v) is 6.78. The second-order valence-electron chi connectivity index (χ2n) is 5.26. The van der Waals surface area contributed by atoms with Crippen LogP contribution in [-0.4, -0.2) is 49.0 Å². The molecule has 0 saturated carbocycles. The van der Waals surface area contributed by atoms with Gasteiger partial charge in [0.1, 0.15) is 5.75 Å². The van der Waals surface area contributed by atoms with Gasteiger partial charge in [0.05, 0.1) is 25.4 Å². The zero-order valence-corrected chi connectivity index (χ0v) is 11.9. The third-order valence-electron chi connectivity index (χ3n) is 3.43. The molecule has 1 heterocycles. The normalized spacial score (nSPS) is 26.1. The first kappa shape index (κ1) is 14.3. The van der Waals surface area contributed by atoms with Crippen LogP contribution in [0, 0.1) is 0 Å². The second-order valence-corrected chi connectivity index (χ2v) is 5.26. The quantitative estimate of drug-likeness (QED) is 0.902. The van der Waals surface area contributed by atoms with E-state index in [1.807, 2.05) is 24.3 Å². The fourth-order valence-electron chi connectivity index (χ4n) is 2.61. The molecular weight excluding hydrogens is 242 g/mol. The van der Waals surface area contributed by atoms with Gasteiger partial charge in [-0.15, -0.1) is 0 Å². The number of benzene rings is 1. The van der Waals surface area contributed by atoms with Crippen molar-refractivity contribution < 1.29 is 14.6 Å². The lowest BCUT2D eigenvalue weighted by Gasteiger charge is -2.36. The summed E-state index contributed by atoms with van der Waals surface area (Å²) in [6, 6.07) is 7.58. The SMILES string of the molecule is COc1ccc(C(O)CN2CC(C)OC(C)C2)cc1. The minimum Gasteiger partial charge on any atom is -0.497 e. The van der Waals surface area contributed by atoms with Crippen LogP contribution in [0.15, 0.2) is 24.3 Å². The van der Waals surface area contributed by atoms with Gasteiger partial charge >= 0.3 is 0 Å². The van der Waals surface area contributed by atoms with Crippen LogP contribution >= 0.6 is 0 Å². The van der Waals surface area contributed by atoms with Gasteiger partial charge in [-0.05, 0) is 31.5 Å². The molecule has 3 atom stereocenters. The molecule has 0 aliphatic carbocycles. The number of methoxy groups -OCH3 is 1. The van der Waals surface area contributed by atoms with E-state index >= 15 is 0 Å². The molecule has 106 valence electrons. The van der Waals surface area contributed by atoms with Crippen LogP contribution in [0.3, 0.4) is 0 Å². The molecular formula is C15H23NO3. The van der Waals surface area contributed by atoms with E-state index in [0.29, 0.717) is 6.54 Å². The molecule has 0 amide bonds. The number of nitrogens with zero attached hydrogens (tertiary/aromatic N) is 1. The van der Waals surface area contributed by atoms with E-state index in [-0.39, 0.29) is 12.2 Å². The van der Waals surface area contributed by atoms with E-state index in [9.17, 15) is 5.11 Å². The largest absolute Gasteiger partial charge is 0.497 e. The van der Waals surface area contributed by atoms with E-state index in [4.69, 9.17) is 9.47 Å². The van der Waals surface area contributed by atoms with Crippen LogP contribution in [0.2, 0.25) is 0 Å². The van der Waals surface area contributed by atoms with E-state index < -0.39 is 6.10 Å². The number of hydrogen-bond acceptors (Lipinski definition) is 4. The minimum absolute atomic E-state index is 0.229. The van der Waals surface area contributed by atoms with Gasteiger partial charge in [-0.3, -0.25) is 4.90 Å². The zero-order chi connectivity index (χ0) is 13.8. The van der Waals surface area contributed by atoms with Crippen LogP contribution in [0.4, 0.5) is 0 Å². The summed E-state index contributed by atoms with van der Waals surface area (Å²) >= 11 is 0. The van der Waals surface area contributed by atoms with Crippen LogP contribution in [-0.2, 0) is 4.74 Å². The number of ether oxygens (including phenoxy) is 2. The topological polar surface area (TPSA) is 41.9 Å². The summed E-state index contributed by atoms with van der Waals surface area (Å²) in [6.45, 7) is 6.53. The van der Waals surface area contributed by atoms with Crippen molar-refractivity contribution in [3.8, 4) is 5.75 Å². The summed E-state index contributed by atoms with van der Waals surface area (Å²) in [4.78, 5) is 2.26. The van der Waals surface area contributed by atoms with Crippen molar-refractivity contribution in [3.63, 3.8) is 0 Å². The smallest absolute Gasteiger partial charge is 0.118 e. The fourth-order valence-corrected chi connectivity index (χ4v) is 2.61. The molecule has 4 nitrogen and oxygen atoms in total. The summed E-state index contributed by atoms with van der Waals surface area (Å²) in [5.41, 5.74) is 0.924.